The molecular weight excluding hydrogens is 358 g/mol. The lowest BCUT2D eigenvalue weighted by Gasteiger charge is -2.17. The van der Waals surface area contributed by atoms with Crippen LogP contribution in [0.2, 0.25) is 5.02 Å². The summed E-state index contributed by atoms with van der Waals surface area (Å²) in [6.07, 6.45) is 1.67. The maximum Gasteiger partial charge on any atom is 0.0834 e. The zero-order valence-corrected chi connectivity index (χ0v) is 14.5. The van der Waals surface area contributed by atoms with Crippen molar-refractivity contribution in [2.75, 3.05) is 5.75 Å². The lowest BCUT2D eigenvalue weighted by molar-refractivity contribution is 0.495. The Morgan fingerprint density at radius 3 is 2.75 bits per heavy atom. The molecule has 0 aliphatic heterocycles. The van der Waals surface area contributed by atoms with Crippen molar-refractivity contribution in [2.24, 2.45) is 5.73 Å². The van der Waals surface area contributed by atoms with Crippen molar-refractivity contribution < 1.29 is 0 Å². The Balaban J connectivity index is 2.11. The molecule has 0 radical (unpaired) electrons. The summed E-state index contributed by atoms with van der Waals surface area (Å²) in [7, 11) is 0. The summed E-state index contributed by atoms with van der Waals surface area (Å²) in [6.45, 7) is 4.14. The van der Waals surface area contributed by atoms with Gasteiger partial charge >= 0.3 is 0 Å². The molecule has 0 spiro atoms. The van der Waals surface area contributed by atoms with E-state index in [4.69, 9.17) is 17.3 Å². The van der Waals surface area contributed by atoms with Crippen LogP contribution in [0.3, 0.4) is 0 Å². The molecule has 0 fully saturated rings. The Kier molecular flexibility index (Phi) is 5.55. The molecule has 108 valence electrons. The Morgan fingerprint density at radius 1 is 1.40 bits per heavy atom. The fourth-order valence-corrected chi connectivity index (χ4v) is 3.73. The van der Waals surface area contributed by atoms with E-state index >= 15 is 0 Å². The molecule has 2 aromatic rings. The molecule has 0 saturated heterocycles. The molecule has 1 aromatic heterocycles. The minimum atomic E-state index is -0.149. The molecule has 6 heteroatoms. The van der Waals surface area contributed by atoms with Crippen LogP contribution in [0.15, 0.2) is 39.8 Å². The first-order valence-corrected chi connectivity index (χ1v) is 8.52. The predicted molar refractivity (Wildman–Crippen MR) is 89.4 cm³/mol. The molecule has 0 bridgehead atoms. The number of hydrogen-bond acceptors (Lipinski definition) is 3. The van der Waals surface area contributed by atoms with Crippen LogP contribution in [0, 0.1) is 0 Å². The predicted octanol–water partition coefficient (Wildman–Crippen LogP) is 4.67. The lowest BCUT2D eigenvalue weighted by atomic mass is 10.2. The van der Waals surface area contributed by atoms with E-state index in [1.807, 2.05) is 22.9 Å². The molecule has 2 rings (SSSR count). The normalized spacial score (nSPS) is 12.9. The summed E-state index contributed by atoms with van der Waals surface area (Å²) < 4.78 is 2.98. The highest BCUT2D eigenvalue weighted by molar-refractivity contribution is 9.10. The fourth-order valence-electron chi connectivity index (χ4n) is 1.93. The summed E-state index contributed by atoms with van der Waals surface area (Å²) >= 11 is 11.5. The van der Waals surface area contributed by atoms with Gasteiger partial charge in [0, 0.05) is 21.2 Å². The number of aromatic nitrogens is 2. The van der Waals surface area contributed by atoms with Gasteiger partial charge in [-0.1, -0.05) is 23.7 Å². The largest absolute Gasteiger partial charge is 0.322 e. The van der Waals surface area contributed by atoms with Crippen molar-refractivity contribution in [1.82, 2.24) is 9.78 Å². The van der Waals surface area contributed by atoms with Crippen molar-refractivity contribution in [3.05, 3.63) is 45.7 Å². The molecular formula is C14H17BrClN3S. The number of rotatable bonds is 5. The third-order valence-electron chi connectivity index (χ3n) is 2.88. The van der Waals surface area contributed by atoms with Gasteiger partial charge in [-0.2, -0.15) is 5.10 Å². The highest BCUT2D eigenvalue weighted by Gasteiger charge is 2.19. The van der Waals surface area contributed by atoms with Crippen LogP contribution < -0.4 is 5.73 Å². The Hall–Kier alpha value is -0.490. The molecule has 1 unspecified atom stereocenters. The Labute approximate surface area is 137 Å². The minimum Gasteiger partial charge on any atom is -0.322 e. The van der Waals surface area contributed by atoms with E-state index in [1.54, 1.807) is 18.0 Å². The van der Waals surface area contributed by atoms with Gasteiger partial charge in [-0.05, 0) is 41.9 Å². The van der Waals surface area contributed by atoms with Crippen LogP contribution in [0.1, 0.15) is 31.6 Å². The monoisotopic (exact) mass is 373 g/mol. The molecule has 1 heterocycles. The highest BCUT2D eigenvalue weighted by Crippen LogP contribution is 2.32. The van der Waals surface area contributed by atoms with Gasteiger partial charge in [0.05, 0.1) is 23.0 Å². The number of nitrogens with two attached hydrogens (primary N) is 1. The van der Waals surface area contributed by atoms with Crippen LogP contribution >= 0.6 is 39.3 Å². The maximum atomic E-state index is 6.30. The number of thioether (sulfide) groups is 1. The quantitative estimate of drug-likeness (QED) is 0.773. The van der Waals surface area contributed by atoms with Gasteiger partial charge in [0.25, 0.3) is 0 Å². The van der Waals surface area contributed by atoms with Crippen LogP contribution in [-0.4, -0.2) is 15.5 Å². The van der Waals surface area contributed by atoms with Crippen molar-refractivity contribution in [3.8, 4) is 0 Å². The molecule has 20 heavy (non-hydrogen) atoms. The van der Waals surface area contributed by atoms with E-state index in [-0.39, 0.29) is 12.1 Å². The molecule has 0 saturated carbocycles. The van der Waals surface area contributed by atoms with Crippen molar-refractivity contribution in [1.29, 1.82) is 0 Å². The van der Waals surface area contributed by atoms with Gasteiger partial charge in [0.15, 0.2) is 0 Å². The average Bonchev–Trinajstić information content (AvgIpc) is 2.79. The number of benzene rings is 1. The topological polar surface area (TPSA) is 43.8 Å². The zero-order chi connectivity index (χ0) is 14.7. The van der Waals surface area contributed by atoms with Crippen LogP contribution in [-0.2, 0) is 0 Å². The number of hydrogen-bond donors (Lipinski definition) is 1. The van der Waals surface area contributed by atoms with Crippen molar-refractivity contribution in [3.63, 3.8) is 0 Å². The minimum absolute atomic E-state index is 0.149. The molecule has 3 nitrogen and oxygen atoms in total. The van der Waals surface area contributed by atoms with E-state index in [0.29, 0.717) is 5.02 Å². The van der Waals surface area contributed by atoms with E-state index in [2.05, 4.69) is 40.9 Å². The van der Waals surface area contributed by atoms with Crippen LogP contribution in [0.4, 0.5) is 0 Å². The SMILES string of the molecule is CC(C)n1ncc(Cl)c1C(N)CSc1ccccc1Br. The maximum absolute atomic E-state index is 6.30. The molecule has 0 amide bonds. The van der Waals surface area contributed by atoms with Crippen molar-refractivity contribution in [2.45, 2.75) is 30.8 Å². The van der Waals surface area contributed by atoms with E-state index < -0.39 is 0 Å². The summed E-state index contributed by atoms with van der Waals surface area (Å²) in [6, 6.07) is 8.21. The fraction of sp³-hybridized carbons (Fsp3) is 0.357. The van der Waals surface area contributed by atoms with Crippen LogP contribution in [0.5, 0.6) is 0 Å². The molecule has 0 aliphatic carbocycles. The number of nitrogens with zero attached hydrogens (tertiary/aromatic N) is 2. The first kappa shape index (κ1) is 15.9. The summed E-state index contributed by atoms with van der Waals surface area (Å²) in [5.41, 5.74) is 7.20. The number of halogens is 2. The van der Waals surface area contributed by atoms with Gasteiger partial charge < -0.3 is 5.73 Å². The second kappa shape index (κ2) is 6.98. The highest BCUT2D eigenvalue weighted by atomic mass is 79.9. The summed E-state index contributed by atoms with van der Waals surface area (Å²) in [5, 5.41) is 4.93. The standard InChI is InChI=1S/C14H17BrClN3S/c1-9(2)19-14(11(16)7-18-19)12(17)8-20-13-6-4-3-5-10(13)15/h3-7,9,12H,8,17H2,1-2H3. The van der Waals surface area contributed by atoms with Gasteiger partial charge in [0.2, 0.25) is 0 Å². The van der Waals surface area contributed by atoms with Gasteiger partial charge in [-0.25, -0.2) is 0 Å². The molecule has 0 aliphatic rings. The lowest BCUT2D eigenvalue weighted by Crippen LogP contribution is -2.20. The third kappa shape index (κ3) is 3.58. The van der Waals surface area contributed by atoms with E-state index in [0.717, 1.165) is 15.9 Å². The van der Waals surface area contributed by atoms with Crippen molar-refractivity contribution >= 4 is 39.3 Å². The second-order valence-electron chi connectivity index (χ2n) is 4.76. The molecule has 2 N–H and O–H groups in total. The van der Waals surface area contributed by atoms with E-state index in [1.165, 1.54) is 4.90 Å². The third-order valence-corrected chi connectivity index (χ3v) is 5.32. The van der Waals surface area contributed by atoms with E-state index in [9.17, 15) is 0 Å². The zero-order valence-electron chi connectivity index (χ0n) is 11.4. The van der Waals surface area contributed by atoms with Gasteiger partial charge in [-0.3, -0.25) is 4.68 Å². The Morgan fingerprint density at radius 2 is 2.10 bits per heavy atom. The first-order chi connectivity index (χ1) is 9.50. The van der Waals surface area contributed by atoms with Gasteiger partial charge in [-0.15, -0.1) is 11.8 Å². The first-order valence-electron chi connectivity index (χ1n) is 6.36. The second-order valence-corrected chi connectivity index (χ2v) is 7.09. The summed E-state index contributed by atoms with van der Waals surface area (Å²) in [4.78, 5) is 1.18. The Bertz CT molecular complexity index is 586. The summed E-state index contributed by atoms with van der Waals surface area (Å²) in [5.74, 6) is 0.751. The van der Waals surface area contributed by atoms with Gasteiger partial charge in [0.1, 0.15) is 0 Å². The molecule has 1 aromatic carbocycles. The molecule has 1 atom stereocenters. The average molecular weight is 375 g/mol. The van der Waals surface area contributed by atoms with Crippen LogP contribution in [0.25, 0.3) is 0 Å². The smallest absolute Gasteiger partial charge is 0.0834 e.